The summed E-state index contributed by atoms with van der Waals surface area (Å²) in [5.41, 5.74) is 1.00. The molecule has 0 saturated heterocycles. The fourth-order valence-corrected chi connectivity index (χ4v) is 2.02. The van der Waals surface area contributed by atoms with Gasteiger partial charge in [0.25, 0.3) is 0 Å². The topological polar surface area (TPSA) is 35.5 Å². The molecule has 2 aromatic carbocycles. The molecule has 0 aliphatic rings. The first-order valence-corrected chi connectivity index (χ1v) is 6.61. The molecule has 0 amide bonds. The highest BCUT2D eigenvalue weighted by atomic mass is 35.5. The minimum atomic E-state index is -0.537. The fourth-order valence-electron chi connectivity index (χ4n) is 1.91. The van der Waals surface area contributed by atoms with E-state index in [4.69, 9.17) is 21.1 Å². The summed E-state index contributed by atoms with van der Waals surface area (Å²) in [6.45, 7) is 0. The quantitative estimate of drug-likeness (QED) is 0.785. The molecule has 110 valence electrons. The molecule has 0 spiro atoms. The predicted octanol–water partition coefficient (Wildman–Crippen LogP) is 3.92. The first-order valence-electron chi connectivity index (χ1n) is 6.23. The maximum atomic E-state index is 13.4. The Morgan fingerprint density at radius 3 is 2.24 bits per heavy atom. The van der Waals surface area contributed by atoms with Crippen LogP contribution in [-0.4, -0.2) is 20.0 Å². The Hall–Kier alpha value is -2.07. The third kappa shape index (κ3) is 3.73. The number of Topliss-reactive ketones (excluding diaryl/α,β-unsaturated/α-hetero) is 1. The number of halogens is 2. The van der Waals surface area contributed by atoms with Gasteiger partial charge in [-0.1, -0.05) is 17.7 Å². The fraction of sp³-hybridized carbons (Fsp3) is 0.188. The van der Waals surface area contributed by atoms with Crippen LogP contribution in [0.2, 0.25) is 5.02 Å². The van der Waals surface area contributed by atoms with Gasteiger partial charge < -0.3 is 9.47 Å². The van der Waals surface area contributed by atoms with Crippen LogP contribution in [0, 0.1) is 5.82 Å². The number of methoxy groups -OCH3 is 2. The third-order valence-electron chi connectivity index (χ3n) is 3.02. The standard InChI is InChI=1S/C16H14ClFO3/c1-20-12-7-11(8-13(9-12)21-2)16(19)6-10-3-4-14(17)15(18)5-10/h3-5,7-9H,6H2,1-2H3. The highest BCUT2D eigenvalue weighted by Crippen LogP contribution is 2.24. The molecule has 2 rings (SSSR count). The zero-order chi connectivity index (χ0) is 15.4. The number of ketones is 1. The maximum absolute atomic E-state index is 13.4. The second kappa shape index (κ2) is 6.59. The summed E-state index contributed by atoms with van der Waals surface area (Å²) in [5, 5.41) is 0.0363. The van der Waals surface area contributed by atoms with Crippen molar-refractivity contribution in [1.82, 2.24) is 0 Å². The van der Waals surface area contributed by atoms with Crippen molar-refractivity contribution >= 4 is 17.4 Å². The van der Waals surface area contributed by atoms with Crippen molar-refractivity contribution in [3.05, 3.63) is 58.4 Å². The molecular formula is C16H14ClFO3. The van der Waals surface area contributed by atoms with Crippen molar-refractivity contribution in [3.8, 4) is 11.5 Å². The van der Waals surface area contributed by atoms with Crippen LogP contribution in [-0.2, 0) is 6.42 Å². The van der Waals surface area contributed by atoms with Crippen molar-refractivity contribution in [1.29, 1.82) is 0 Å². The largest absolute Gasteiger partial charge is 0.497 e. The zero-order valence-corrected chi connectivity index (χ0v) is 12.4. The lowest BCUT2D eigenvalue weighted by atomic mass is 10.0. The molecule has 0 heterocycles. The lowest BCUT2D eigenvalue weighted by molar-refractivity contribution is 0.0992. The van der Waals surface area contributed by atoms with Crippen molar-refractivity contribution in [2.24, 2.45) is 0 Å². The summed E-state index contributed by atoms with van der Waals surface area (Å²) in [7, 11) is 3.02. The highest BCUT2D eigenvalue weighted by Gasteiger charge is 2.12. The van der Waals surface area contributed by atoms with Gasteiger partial charge in [0, 0.05) is 18.1 Å². The summed E-state index contributed by atoms with van der Waals surface area (Å²) in [6, 6.07) is 9.25. The average molecular weight is 309 g/mol. The molecule has 0 saturated carbocycles. The van der Waals surface area contributed by atoms with E-state index in [0.29, 0.717) is 22.6 Å². The van der Waals surface area contributed by atoms with Crippen molar-refractivity contribution < 1.29 is 18.7 Å². The number of carbonyl (C=O) groups excluding carboxylic acids is 1. The van der Waals surface area contributed by atoms with Crippen LogP contribution in [0.1, 0.15) is 15.9 Å². The van der Waals surface area contributed by atoms with E-state index in [1.165, 1.54) is 26.4 Å². The molecule has 0 aliphatic carbocycles. The Labute approximate surface area is 127 Å². The van der Waals surface area contributed by atoms with Gasteiger partial charge in [-0.2, -0.15) is 0 Å². The van der Waals surface area contributed by atoms with Crippen LogP contribution in [0.25, 0.3) is 0 Å². The van der Waals surface area contributed by atoms with Gasteiger partial charge in [-0.05, 0) is 29.8 Å². The van der Waals surface area contributed by atoms with Gasteiger partial charge in [0.2, 0.25) is 0 Å². The molecule has 3 nitrogen and oxygen atoms in total. The lowest BCUT2D eigenvalue weighted by Crippen LogP contribution is -2.05. The van der Waals surface area contributed by atoms with Crippen LogP contribution >= 0.6 is 11.6 Å². The van der Waals surface area contributed by atoms with E-state index in [9.17, 15) is 9.18 Å². The first-order chi connectivity index (χ1) is 10.0. The van der Waals surface area contributed by atoms with E-state index in [0.717, 1.165) is 0 Å². The number of hydrogen-bond donors (Lipinski definition) is 0. The smallest absolute Gasteiger partial charge is 0.167 e. The van der Waals surface area contributed by atoms with Gasteiger partial charge in [0.05, 0.1) is 19.2 Å². The Morgan fingerprint density at radius 1 is 1.10 bits per heavy atom. The van der Waals surface area contributed by atoms with Crippen LogP contribution in [0.15, 0.2) is 36.4 Å². The first kappa shape index (κ1) is 15.3. The minimum Gasteiger partial charge on any atom is -0.497 e. The molecule has 0 atom stereocenters. The average Bonchev–Trinajstić information content (AvgIpc) is 2.50. The Balaban J connectivity index is 2.25. The van der Waals surface area contributed by atoms with Crippen LogP contribution in [0.4, 0.5) is 4.39 Å². The predicted molar refractivity (Wildman–Crippen MR) is 79.0 cm³/mol. The van der Waals surface area contributed by atoms with E-state index in [2.05, 4.69) is 0 Å². The number of benzene rings is 2. The monoisotopic (exact) mass is 308 g/mol. The second-order valence-electron chi connectivity index (χ2n) is 4.45. The molecule has 0 N–H and O–H groups in total. The van der Waals surface area contributed by atoms with Crippen molar-refractivity contribution in [2.45, 2.75) is 6.42 Å². The number of hydrogen-bond acceptors (Lipinski definition) is 3. The van der Waals surface area contributed by atoms with Crippen LogP contribution in [0.5, 0.6) is 11.5 Å². The van der Waals surface area contributed by atoms with Gasteiger partial charge in [0.15, 0.2) is 5.78 Å². The third-order valence-corrected chi connectivity index (χ3v) is 3.33. The van der Waals surface area contributed by atoms with E-state index < -0.39 is 5.82 Å². The SMILES string of the molecule is COc1cc(OC)cc(C(=O)Cc2ccc(Cl)c(F)c2)c1. The zero-order valence-electron chi connectivity index (χ0n) is 11.7. The molecule has 0 fully saturated rings. The summed E-state index contributed by atoms with van der Waals surface area (Å²) < 4.78 is 23.6. The molecular weight excluding hydrogens is 295 g/mol. The van der Waals surface area contributed by atoms with E-state index in [-0.39, 0.29) is 17.2 Å². The van der Waals surface area contributed by atoms with Crippen LogP contribution < -0.4 is 9.47 Å². The summed E-state index contributed by atoms with van der Waals surface area (Å²) in [4.78, 5) is 12.3. The number of carbonyl (C=O) groups is 1. The summed E-state index contributed by atoms with van der Waals surface area (Å²) in [5.74, 6) is 0.360. The molecule has 0 aromatic heterocycles. The molecule has 2 aromatic rings. The normalized spacial score (nSPS) is 10.3. The van der Waals surface area contributed by atoms with Crippen molar-refractivity contribution in [2.75, 3.05) is 14.2 Å². The Kier molecular flexibility index (Phi) is 4.81. The van der Waals surface area contributed by atoms with Gasteiger partial charge >= 0.3 is 0 Å². The summed E-state index contributed by atoms with van der Waals surface area (Å²) >= 11 is 5.62. The van der Waals surface area contributed by atoms with Crippen LogP contribution in [0.3, 0.4) is 0 Å². The Morgan fingerprint density at radius 2 is 1.71 bits per heavy atom. The van der Waals surface area contributed by atoms with Gasteiger partial charge in [-0.25, -0.2) is 4.39 Å². The minimum absolute atomic E-state index is 0.0363. The Bertz CT molecular complexity index is 648. The molecule has 0 unspecified atom stereocenters. The lowest BCUT2D eigenvalue weighted by Gasteiger charge is -2.08. The van der Waals surface area contributed by atoms with E-state index in [1.807, 2.05) is 0 Å². The molecule has 0 bridgehead atoms. The molecule has 21 heavy (non-hydrogen) atoms. The number of rotatable bonds is 5. The van der Waals surface area contributed by atoms with Gasteiger partial charge in [0.1, 0.15) is 17.3 Å². The summed E-state index contributed by atoms with van der Waals surface area (Å²) in [6.07, 6.45) is 0.0738. The molecule has 0 radical (unpaired) electrons. The second-order valence-corrected chi connectivity index (χ2v) is 4.86. The van der Waals surface area contributed by atoms with E-state index >= 15 is 0 Å². The van der Waals surface area contributed by atoms with E-state index in [1.54, 1.807) is 24.3 Å². The maximum Gasteiger partial charge on any atom is 0.167 e. The van der Waals surface area contributed by atoms with Gasteiger partial charge in [-0.3, -0.25) is 4.79 Å². The number of ether oxygens (including phenoxy) is 2. The highest BCUT2D eigenvalue weighted by molar-refractivity contribution is 6.30. The van der Waals surface area contributed by atoms with Crippen molar-refractivity contribution in [3.63, 3.8) is 0 Å². The van der Waals surface area contributed by atoms with Gasteiger partial charge in [-0.15, -0.1) is 0 Å². The molecule has 5 heteroatoms. The molecule has 0 aliphatic heterocycles.